The monoisotopic (exact) mass is 490 g/mol. The number of hydrogen-bond donors (Lipinski definition) is 0. The standard InChI is InChI=1S/C20H22Cl4O2Si2/c1-27(2,19(21)22)17-13(9-15(17)25)11-5-7-12(8-6-11)14-10-16(26)18(14)28(3,4)20(23)24/h5-8,19-20H,9-10H2,1-4H3. The fourth-order valence-corrected chi connectivity index (χ4v) is 9.26. The van der Waals surface area contributed by atoms with Crippen molar-refractivity contribution in [2.75, 3.05) is 0 Å². The molecule has 0 N–H and O–H groups in total. The Morgan fingerprint density at radius 3 is 1.18 bits per heavy atom. The summed E-state index contributed by atoms with van der Waals surface area (Å²) in [5, 5.41) is 1.68. The number of hydrogen-bond acceptors (Lipinski definition) is 2. The van der Waals surface area contributed by atoms with E-state index in [1.807, 2.05) is 50.5 Å². The van der Waals surface area contributed by atoms with Crippen LogP contribution < -0.4 is 0 Å². The lowest BCUT2D eigenvalue weighted by atomic mass is 9.86. The van der Waals surface area contributed by atoms with Crippen molar-refractivity contribution >= 4 is 85.3 Å². The van der Waals surface area contributed by atoms with Crippen LogP contribution in [0.3, 0.4) is 0 Å². The molecule has 0 fully saturated rings. The van der Waals surface area contributed by atoms with Crippen molar-refractivity contribution in [1.82, 2.24) is 0 Å². The van der Waals surface area contributed by atoms with Crippen molar-refractivity contribution in [3.63, 3.8) is 0 Å². The van der Waals surface area contributed by atoms with Crippen LogP contribution in [0.25, 0.3) is 11.1 Å². The molecule has 150 valence electrons. The van der Waals surface area contributed by atoms with Crippen LogP contribution in [0.1, 0.15) is 24.0 Å². The Balaban J connectivity index is 1.98. The second-order valence-electron chi connectivity index (χ2n) is 8.53. The summed E-state index contributed by atoms with van der Waals surface area (Å²) < 4.78 is -1.05. The molecule has 0 spiro atoms. The predicted molar refractivity (Wildman–Crippen MR) is 125 cm³/mol. The fraction of sp³-hybridized carbons (Fsp3) is 0.400. The maximum atomic E-state index is 12.2. The molecule has 0 saturated carbocycles. The van der Waals surface area contributed by atoms with Crippen LogP contribution in [0.5, 0.6) is 0 Å². The minimum atomic E-state index is -2.21. The lowest BCUT2D eigenvalue weighted by Gasteiger charge is -2.36. The van der Waals surface area contributed by atoms with Gasteiger partial charge in [-0.2, -0.15) is 0 Å². The Labute approximate surface area is 187 Å². The van der Waals surface area contributed by atoms with E-state index in [-0.39, 0.29) is 11.6 Å². The predicted octanol–water partition coefficient (Wildman–Crippen LogP) is 6.32. The van der Waals surface area contributed by atoms with E-state index in [1.54, 1.807) is 0 Å². The van der Waals surface area contributed by atoms with Gasteiger partial charge in [-0.15, -0.1) is 46.4 Å². The van der Waals surface area contributed by atoms with Crippen LogP contribution in [-0.4, -0.2) is 36.6 Å². The first-order valence-electron chi connectivity index (χ1n) is 9.09. The van der Waals surface area contributed by atoms with Crippen molar-refractivity contribution in [1.29, 1.82) is 0 Å². The SMILES string of the molecule is C[Si](C)(C1=C(c2ccc(C3=C([Si](C)(C)C(Cl)Cl)C(=O)C3)cc2)CC1=O)C(Cl)Cl. The fourth-order valence-electron chi connectivity index (χ4n) is 3.88. The van der Waals surface area contributed by atoms with E-state index in [0.29, 0.717) is 12.8 Å². The summed E-state index contributed by atoms with van der Waals surface area (Å²) in [6.45, 7) is 8.10. The Morgan fingerprint density at radius 1 is 0.679 bits per heavy atom. The molecule has 0 aromatic heterocycles. The third-order valence-corrected chi connectivity index (χ3v) is 18.3. The quantitative estimate of drug-likeness (QED) is 0.344. The molecule has 0 saturated heterocycles. The molecule has 2 aliphatic carbocycles. The average Bonchev–Trinajstić information content (AvgIpc) is 2.56. The van der Waals surface area contributed by atoms with E-state index in [9.17, 15) is 9.59 Å². The highest BCUT2D eigenvalue weighted by molar-refractivity contribution is 7.01. The van der Waals surface area contributed by atoms with Crippen molar-refractivity contribution in [3.05, 3.63) is 45.8 Å². The summed E-state index contributed by atoms with van der Waals surface area (Å²) in [4.78, 5) is 24.5. The number of allylic oxidation sites excluding steroid dienone is 4. The number of halogens is 4. The van der Waals surface area contributed by atoms with Crippen molar-refractivity contribution in [3.8, 4) is 0 Å². The van der Waals surface area contributed by atoms with Crippen LogP contribution in [0, 0.1) is 0 Å². The van der Waals surface area contributed by atoms with E-state index < -0.39 is 25.1 Å². The molecule has 2 aliphatic rings. The molecule has 0 unspecified atom stereocenters. The van der Waals surface area contributed by atoms with E-state index in [2.05, 4.69) is 0 Å². The average molecular weight is 492 g/mol. The summed E-state index contributed by atoms with van der Waals surface area (Å²) in [5.41, 5.74) is 4.14. The summed E-state index contributed by atoms with van der Waals surface area (Å²) >= 11 is 24.7. The van der Waals surface area contributed by atoms with Crippen LogP contribution in [-0.2, 0) is 9.59 Å². The van der Waals surface area contributed by atoms with E-state index in [4.69, 9.17) is 46.4 Å². The lowest BCUT2D eigenvalue weighted by Crippen LogP contribution is -2.45. The highest BCUT2D eigenvalue weighted by Crippen LogP contribution is 2.44. The molecule has 0 radical (unpaired) electrons. The minimum Gasteiger partial charge on any atom is -0.295 e. The molecule has 1 aromatic carbocycles. The highest BCUT2D eigenvalue weighted by Gasteiger charge is 2.45. The van der Waals surface area contributed by atoms with E-state index >= 15 is 0 Å². The van der Waals surface area contributed by atoms with Gasteiger partial charge in [0.1, 0.15) is 25.1 Å². The van der Waals surface area contributed by atoms with Gasteiger partial charge in [-0.1, -0.05) is 50.5 Å². The second-order valence-corrected chi connectivity index (χ2v) is 21.2. The molecule has 0 amide bonds. The van der Waals surface area contributed by atoms with Crippen molar-refractivity contribution < 1.29 is 9.59 Å². The van der Waals surface area contributed by atoms with Crippen molar-refractivity contribution in [2.24, 2.45) is 0 Å². The molecule has 3 rings (SSSR count). The summed E-state index contributed by atoms with van der Waals surface area (Å²) in [7, 11) is -4.42. The van der Waals surface area contributed by atoms with Gasteiger partial charge in [-0.25, -0.2) is 0 Å². The Hall–Kier alpha value is -0.366. The van der Waals surface area contributed by atoms with Crippen LogP contribution in [0.2, 0.25) is 26.2 Å². The van der Waals surface area contributed by atoms with Gasteiger partial charge in [-0.3, -0.25) is 9.59 Å². The Morgan fingerprint density at radius 2 is 0.964 bits per heavy atom. The molecule has 1 aromatic rings. The first-order chi connectivity index (χ1) is 12.9. The van der Waals surface area contributed by atoms with Gasteiger partial charge >= 0.3 is 0 Å². The van der Waals surface area contributed by atoms with E-state index in [1.165, 1.54) is 0 Å². The van der Waals surface area contributed by atoms with E-state index in [0.717, 1.165) is 32.7 Å². The van der Waals surface area contributed by atoms with Gasteiger partial charge in [0.2, 0.25) is 0 Å². The molecule has 2 nitrogen and oxygen atoms in total. The normalized spacial score (nSPS) is 18.2. The number of carbonyl (C=O) groups is 2. The zero-order valence-corrected chi connectivity index (χ0v) is 21.2. The topological polar surface area (TPSA) is 34.1 Å². The highest BCUT2D eigenvalue weighted by atomic mass is 35.5. The molecule has 28 heavy (non-hydrogen) atoms. The van der Waals surface area contributed by atoms with Crippen LogP contribution >= 0.6 is 46.4 Å². The number of rotatable bonds is 6. The third-order valence-electron chi connectivity index (χ3n) is 5.80. The lowest BCUT2D eigenvalue weighted by molar-refractivity contribution is -0.116. The van der Waals surface area contributed by atoms with Gasteiger partial charge in [0.25, 0.3) is 0 Å². The van der Waals surface area contributed by atoms with Crippen molar-refractivity contribution in [2.45, 2.75) is 47.9 Å². The zero-order chi connectivity index (χ0) is 21.0. The number of alkyl halides is 4. The van der Waals surface area contributed by atoms with Gasteiger partial charge in [0.15, 0.2) is 11.6 Å². The molecule has 8 heteroatoms. The first kappa shape index (κ1) is 22.3. The van der Waals surface area contributed by atoms with Gasteiger partial charge in [0.05, 0.1) is 0 Å². The summed E-state index contributed by atoms with van der Waals surface area (Å²) in [6.07, 6.45) is 0.857. The van der Waals surface area contributed by atoms with Gasteiger partial charge in [-0.05, 0) is 32.7 Å². The molecular formula is C20H22Cl4O2Si2. The third kappa shape index (κ3) is 3.61. The Bertz CT molecular complexity index is 838. The number of benzene rings is 1. The first-order valence-corrected chi connectivity index (χ1v) is 17.0. The smallest absolute Gasteiger partial charge is 0.159 e. The molecule has 0 bridgehead atoms. The number of Topliss-reactive ketones (excluding diaryl/α,β-unsaturated/α-hetero) is 2. The molecule has 0 heterocycles. The maximum absolute atomic E-state index is 12.2. The molecule has 0 aliphatic heterocycles. The number of carbonyl (C=O) groups excluding carboxylic acids is 2. The Kier molecular flexibility index (Phi) is 6.15. The maximum Gasteiger partial charge on any atom is 0.159 e. The molecule has 0 atom stereocenters. The summed E-state index contributed by atoms with van der Waals surface area (Å²) in [5.74, 6) is 0.305. The number of ketones is 2. The van der Waals surface area contributed by atoms with Gasteiger partial charge < -0.3 is 0 Å². The second kappa shape index (κ2) is 7.71. The van der Waals surface area contributed by atoms with Crippen LogP contribution in [0.15, 0.2) is 34.7 Å². The minimum absolute atomic E-state index is 0.152. The van der Waals surface area contributed by atoms with Gasteiger partial charge in [0, 0.05) is 12.8 Å². The summed E-state index contributed by atoms with van der Waals surface area (Å²) in [6, 6.07) is 8.06. The largest absolute Gasteiger partial charge is 0.295 e. The zero-order valence-electron chi connectivity index (χ0n) is 16.2. The molecular weight excluding hydrogens is 470 g/mol. The van der Waals surface area contributed by atoms with Crippen LogP contribution in [0.4, 0.5) is 0 Å².